The molecule has 0 N–H and O–H groups in total. The van der Waals surface area contributed by atoms with Crippen LogP contribution in [0.15, 0.2) is 12.3 Å². The molecule has 0 aromatic heterocycles. The molecular weight excluding hydrogens is 223 g/mol. The first kappa shape index (κ1) is 15.7. The first-order valence-corrected chi connectivity index (χ1v) is 7.91. The van der Waals surface area contributed by atoms with Crippen molar-refractivity contribution < 1.29 is 13.6 Å². The van der Waals surface area contributed by atoms with Crippen LogP contribution in [-0.2, 0) is 13.6 Å². The van der Waals surface area contributed by atoms with Crippen LogP contribution < -0.4 is 0 Å². The van der Waals surface area contributed by atoms with Crippen molar-refractivity contribution in [1.82, 2.24) is 0 Å². The fraction of sp³-hybridized carbons (Fsp3) is 0.833. The monoisotopic (exact) mass is 248 g/mol. The van der Waals surface area contributed by atoms with Crippen LogP contribution in [0.5, 0.6) is 0 Å². The Hall–Kier alpha value is -0.270. The van der Waals surface area contributed by atoms with Gasteiger partial charge in [0.1, 0.15) is 0 Å². The van der Waals surface area contributed by atoms with E-state index in [1.165, 1.54) is 0 Å². The molecule has 1 atom stereocenters. The van der Waals surface area contributed by atoms with Gasteiger partial charge in [-0.15, -0.1) is 0 Å². The van der Waals surface area contributed by atoms with E-state index in [1.54, 1.807) is 0 Å². The standard InChI is InChI=1S/C12H25O3P/c1-5-8-10-12(4)15-16(13,14-7-3)11-9-6-2/h4-11H2,1-3H3. The van der Waals surface area contributed by atoms with Gasteiger partial charge in [-0.25, -0.2) is 4.57 Å². The van der Waals surface area contributed by atoms with E-state index in [0.29, 0.717) is 18.5 Å². The summed E-state index contributed by atoms with van der Waals surface area (Å²) in [5.41, 5.74) is 0. The molecule has 0 fully saturated rings. The van der Waals surface area contributed by atoms with Crippen LogP contribution in [0, 0.1) is 0 Å². The Morgan fingerprint density at radius 3 is 2.31 bits per heavy atom. The highest BCUT2D eigenvalue weighted by molar-refractivity contribution is 7.53. The van der Waals surface area contributed by atoms with Crippen LogP contribution in [0.2, 0.25) is 0 Å². The van der Waals surface area contributed by atoms with E-state index in [2.05, 4.69) is 20.4 Å². The lowest BCUT2D eigenvalue weighted by atomic mass is 10.2. The number of allylic oxidation sites excluding steroid dienone is 1. The molecule has 1 unspecified atom stereocenters. The summed E-state index contributed by atoms with van der Waals surface area (Å²) >= 11 is 0. The summed E-state index contributed by atoms with van der Waals surface area (Å²) < 4.78 is 22.9. The Bertz CT molecular complexity index is 238. The minimum Gasteiger partial charge on any atom is -0.430 e. The van der Waals surface area contributed by atoms with Crippen molar-refractivity contribution in [1.29, 1.82) is 0 Å². The molecule has 0 aromatic rings. The third kappa shape index (κ3) is 7.08. The van der Waals surface area contributed by atoms with Crippen LogP contribution in [0.3, 0.4) is 0 Å². The van der Waals surface area contributed by atoms with E-state index in [4.69, 9.17) is 9.05 Å². The van der Waals surface area contributed by atoms with Crippen LogP contribution in [0.1, 0.15) is 52.9 Å². The van der Waals surface area contributed by atoms with Gasteiger partial charge in [0.15, 0.2) is 0 Å². The number of rotatable bonds is 10. The summed E-state index contributed by atoms with van der Waals surface area (Å²) in [5, 5.41) is 0. The van der Waals surface area contributed by atoms with Crippen molar-refractivity contribution in [3.8, 4) is 0 Å². The van der Waals surface area contributed by atoms with Gasteiger partial charge in [0.2, 0.25) is 0 Å². The average Bonchev–Trinajstić information content (AvgIpc) is 2.24. The zero-order valence-corrected chi connectivity index (χ0v) is 11.7. The lowest BCUT2D eigenvalue weighted by Gasteiger charge is -2.19. The minimum atomic E-state index is -2.93. The molecule has 0 aliphatic carbocycles. The van der Waals surface area contributed by atoms with E-state index in [9.17, 15) is 4.57 Å². The fourth-order valence-electron chi connectivity index (χ4n) is 1.30. The van der Waals surface area contributed by atoms with Gasteiger partial charge in [-0.3, -0.25) is 0 Å². The maximum Gasteiger partial charge on any atom is 0.378 e. The SMILES string of the molecule is C=C(CCCC)OP(=O)(CCCC)OCC. The van der Waals surface area contributed by atoms with Gasteiger partial charge in [0, 0.05) is 6.42 Å². The predicted molar refractivity (Wildman–Crippen MR) is 68.8 cm³/mol. The molecule has 3 nitrogen and oxygen atoms in total. The topological polar surface area (TPSA) is 35.5 Å². The second-order valence-electron chi connectivity index (χ2n) is 3.84. The number of unbranched alkanes of at least 4 members (excludes halogenated alkanes) is 2. The summed E-state index contributed by atoms with van der Waals surface area (Å²) in [7, 11) is -2.93. The molecule has 0 bridgehead atoms. The van der Waals surface area contributed by atoms with Crippen LogP contribution in [0.25, 0.3) is 0 Å². The Morgan fingerprint density at radius 1 is 1.19 bits per heavy atom. The number of hydrogen-bond acceptors (Lipinski definition) is 3. The van der Waals surface area contributed by atoms with Gasteiger partial charge < -0.3 is 9.05 Å². The summed E-state index contributed by atoms with van der Waals surface area (Å²) in [5.74, 6) is 0.592. The molecule has 0 saturated heterocycles. The van der Waals surface area contributed by atoms with Crippen molar-refractivity contribution in [2.45, 2.75) is 52.9 Å². The van der Waals surface area contributed by atoms with Crippen molar-refractivity contribution in [2.75, 3.05) is 12.8 Å². The second kappa shape index (κ2) is 8.83. The maximum absolute atomic E-state index is 12.2. The number of hydrogen-bond donors (Lipinski definition) is 0. The molecular formula is C12H25O3P. The van der Waals surface area contributed by atoms with Crippen LogP contribution >= 0.6 is 7.60 Å². The Kier molecular flexibility index (Phi) is 8.68. The second-order valence-corrected chi connectivity index (χ2v) is 5.95. The summed E-state index contributed by atoms with van der Waals surface area (Å²) in [6.07, 6.45) is 5.19. The van der Waals surface area contributed by atoms with Crippen molar-refractivity contribution in [3.05, 3.63) is 12.3 Å². The van der Waals surface area contributed by atoms with Crippen LogP contribution in [-0.4, -0.2) is 12.8 Å². The van der Waals surface area contributed by atoms with E-state index in [0.717, 1.165) is 32.1 Å². The lowest BCUT2D eigenvalue weighted by Crippen LogP contribution is -2.00. The molecule has 0 amide bonds. The van der Waals surface area contributed by atoms with Gasteiger partial charge in [-0.05, 0) is 19.8 Å². The molecule has 0 aliphatic rings. The van der Waals surface area contributed by atoms with Gasteiger partial charge in [0.25, 0.3) is 0 Å². The average molecular weight is 248 g/mol. The normalized spacial score (nSPS) is 14.4. The predicted octanol–water partition coefficient (Wildman–Crippen LogP) is 4.74. The Morgan fingerprint density at radius 2 is 1.81 bits per heavy atom. The zero-order chi connectivity index (χ0) is 12.4. The highest BCUT2D eigenvalue weighted by atomic mass is 31.2. The third-order valence-corrected chi connectivity index (χ3v) is 4.24. The smallest absolute Gasteiger partial charge is 0.378 e. The first-order valence-electron chi connectivity index (χ1n) is 6.19. The molecule has 0 spiro atoms. The summed E-state index contributed by atoms with van der Waals surface area (Å²) in [4.78, 5) is 0. The molecule has 0 heterocycles. The van der Waals surface area contributed by atoms with Gasteiger partial charge >= 0.3 is 7.60 Å². The molecule has 0 rings (SSSR count). The van der Waals surface area contributed by atoms with E-state index >= 15 is 0 Å². The highest BCUT2D eigenvalue weighted by Crippen LogP contribution is 2.51. The van der Waals surface area contributed by atoms with Gasteiger partial charge in [0.05, 0.1) is 18.5 Å². The molecule has 96 valence electrons. The highest BCUT2D eigenvalue weighted by Gasteiger charge is 2.24. The quantitative estimate of drug-likeness (QED) is 0.414. The van der Waals surface area contributed by atoms with Crippen molar-refractivity contribution >= 4 is 7.60 Å². The third-order valence-electron chi connectivity index (χ3n) is 2.19. The molecule has 16 heavy (non-hydrogen) atoms. The zero-order valence-electron chi connectivity index (χ0n) is 10.8. The van der Waals surface area contributed by atoms with Gasteiger partial charge in [-0.1, -0.05) is 33.3 Å². The van der Waals surface area contributed by atoms with E-state index in [1.807, 2.05) is 6.92 Å². The van der Waals surface area contributed by atoms with Gasteiger partial charge in [-0.2, -0.15) is 0 Å². The van der Waals surface area contributed by atoms with E-state index < -0.39 is 7.60 Å². The fourth-order valence-corrected chi connectivity index (χ4v) is 3.16. The Balaban J connectivity index is 4.19. The lowest BCUT2D eigenvalue weighted by molar-refractivity contribution is 0.244. The van der Waals surface area contributed by atoms with E-state index in [-0.39, 0.29) is 0 Å². The first-order chi connectivity index (χ1) is 7.58. The molecule has 0 aromatic carbocycles. The molecule has 0 saturated carbocycles. The molecule has 4 heteroatoms. The van der Waals surface area contributed by atoms with Crippen molar-refractivity contribution in [3.63, 3.8) is 0 Å². The Labute approximate surface area is 99.8 Å². The largest absolute Gasteiger partial charge is 0.430 e. The van der Waals surface area contributed by atoms with Crippen LogP contribution in [0.4, 0.5) is 0 Å². The molecule has 0 radical (unpaired) electrons. The summed E-state index contributed by atoms with van der Waals surface area (Å²) in [6.45, 7) is 10.2. The minimum absolute atomic E-state index is 0.419. The summed E-state index contributed by atoms with van der Waals surface area (Å²) in [6, 6.07) is 0. The van der Waals surface area contributed by atoms with Crippen molar-refractivity contribution in [2.24, 2.45) is 0 Å². The maximum atomic E-state index is 12.2. The molecule has 0 aliphatic heterocycles.